The Kier molecular flexibility index (Phi) is 7.67. The molecule has 2 aliphatic rings. The van der Waals surface area contributed by atoms with Crippen LogP contribution < -0.4 is 5.73 Å². The Balaban J connectivity index is 1.95. The molecule has 2 heterocycles. The van der Waals surface area contributed by atoms with Gasteiger partial charge in [0.2, 0.25) is 0 Å². The molecule has 11 atom stereocenters. The highest BCUT2D eigenvalue weighted by Gasteiger charge is 2.48. The van der Waals surface area contributed by atoms with Crippen molar-refractivity contribution in [2.45, 2.75) is 67.5 Å². The van der Waals surface area contributed by atoms with E-state index in [0.717, 1.165) is 0 Å². The van der Waals surface area contributed by atoms with Crippen molar-refractivity contribution >= 4 is 0 Å². The van der Waals surface area contributed by atoms with Gasteiger partial charge in [0.15, 0.2) is 12.6 Å². The highest BCUT2D eigenvalue weighted by Crippen LogP contribution is 2.25. The first kappa shape index (κ1) is 21.8. The fraction of sp³-hybridized carbons (Fsp3) is 1.00. The van der Waals surface area contributed by atoms with Gasteiger partial charge in [-0.25, -0.2) is 0 Å². The Hall–Kier alpha value is -0.480. The van der Waals surface area contributed by atoms with Gasteiger partial charge in [0.1, 0.15) is 48.8 Å². The van der Waals surface area contributed by atoms with Crippen molar-refractivity contribution in [2.75, 3.05) is 20.3 Å². The Morgan fingerprint density at radius 3 is 2.15 bits per heavy atom. The normalized spacial score (nSPS) is 48.3. The van der Waals surface area contributed by atoms with Crippen LogP contribution in [0.3, 0.4) is 0 Å². The summed E-state index contributed by atoms with van der Waals surface area (Å²) in [6, 6.07) is -1.16. The summed E-state index contributed by atoms with van der Waals surface area (Å²) in [6.45, 7) is -1.07. The predicted molar refractivity (Wildman–Crippen MR) is 81.4 cm³/mol. The predicted octanol–water partition coefficient (Wildman–Crippen LogP) is -5.42. The zero-order valence-corrected chi connectivity index (χ0v) is 14.1. The number of rotatable bonds is 6. The highest BCUT2D eigenvalue weighted by molar-refractivity contribution is 4.94. The lowest BCUT2D eigenvalue weighted by atomic mass is 9.95. The molecule has 12 heteroatoms. The number of aliphatic hydroxyl groups excluding tert-OH is 7. The summed E-state index contributed by atoms with van der Waals surface area (Å²) in [6.07, 6.45) is -14.0. The Morgan fingerprint density at radius 2 is 1.58 bits per heavy atom. The zero-order valence-electron chi connectivity index (χ0n) is 14.1. The first-order chi connectivity index (χ1) is 12.2. The molecule has 11 unspecified atom stereocenters. The number of hydrogen-bond donors (Lipinski definition) is 8. The van der Waals surface area contributed by atoms with Crippen LogP contribution >= 0.6 is 0 Å². The maximum Gasteiger partial charge on any atom is 0.186 e. The molecule has 0 aliphatic carbocycles. The molecule has 154 valence electrons. The van der Waals surface area contributed by atoms with E-state index < -0.39 is 80.7 Å². The van der Waals surface area contributed by atoms with Crippen molar-refractivity contribution in [3.8, 4) is 0 Å². The molecule has 0 spiro atoms. The average Bonchev–Trinajstić information content (AvgIpc) is 2.63. The molecule has 0 aromatic carbocycles. The summed E-state index contributed by atoms with van der Waals surface area (Å²) in [7, 11) is 1.22. The van der Waals surface area contributed by atoms with Crippen molar-refractivity contribution in [3.63, 3.8) is 0 Å². The van der Waals surface area contributed by atoms with Crippen molar-refractivity contribution < 1.29 is 54.7 Å². The summed E-state index contributed by atoms with van der Waals surface area (Å²) < 4.78 is 20.6. The largest absolute Gasteiger partial charge is 0.394 e. The van der Waals surface area contributed by atoms with Gasteiger partial charge in [-0.15, -0.1) is 0 Å². The van der Waals surface area contributed by atoms with Crippen LogP contribution in [0.25, 0.3) is 0 Å². The molecule has 12 nitrogen and oxygen atoms in total. The minimum atomic E-state index is -1.62. The Bertz CT molecular complexity index is 439. The van der Waals surface area contributed by atoms with Gasteiger partial charge in [0.05, 0.1) is 19.3 Å². The van der Waals surface area contributed by atoms with E-state index in [-0.39, 0.29) is 0 Å². The fourth-order valence-corrected chi connectivity index (χ4v) is 2.93. The standard InChI is InChI=1S/C14H27NO11/c1-23-14-11(22)9(20)10(21)12(26-14)4(17)3-24-13-6(15)8(19)7(18)5(2-16)25-13/h4-14,16-22H,2-3,15H2,1H3. The van der Waals surface area contributed by atoms with Crippen LogP contribution in [0.4, 0.5) is 0 Å². The van der Waals surface area contributed by atoms with Crippen LogP contribution in [0.1, 0.15) is 0 Å². The molecular weight excluding hydrogens is 358 g/mol. The SMILES string of the molecule is COC1OC(C(O)COC2OC(CO)C(O)C(O)C2N)C(O)C(O)C1O. The van der Waals surface area contributed by atoms with E-state index in [2.05, 4.69) is 0 Å². The summed E-state index contributed by atoms with van der Waals surface area (Å²) in [4.78, 5) is 0. The molecule has 0 aromatic heterocycles. The zero-order chi connectivity index (χ0) is 19.6. The lowest BCUT2D eigenvalue weighted by Gasteiger charge is -2.43. The summed E-state index contributed by atoms with van der Waals surface area (Å²) in [5, 5.41) is 68.4. The van der Waals surface area contributed by atoms with E-state index >= 15 is 0 Å². The second-order valence-electron chi connectivity index (χ2n) is 6.36. The van der Waals surface area contributed by atoms with Gasteiger partial charge >= 0.3 is 0 Å². The molecule has 0 radical (unpaired) electrons. The molecule has 0 bridgehead atoms. The lowest BCUT2D eigenvalue weighted by Crippen LogP contribution is -2.64. The smallest absolute Gasteiger partial charge is 0.186 e. The third kappa shape index (κ3) is 4.32. The topological polar surface area (TPSA) is 205 Å². The van der Waals surface area contributed by atoms with Gasteiger partial charge in [-0.3, -0.25) is 0 Å². The van der Waals surface area contributed by atoms with Gasteiger partial charge in [-0.2, -0.15) is 0 Å². The fourth-order valence-electron chi connectivity index (χ4n) is 2.93. The molecule has 0 aromatic rings. The first-order valence-corrected chi connectivity index (χ1v) is 8.13. The van der Waals surface area contributed by atoms with Crippen molar-refractivity contribution in [3.05, 3.63) is 0 Å². The van der Waals surface area contributed by atoms with Crippen LogP contribution in [-0.2, 0) is 18.9 Å². The average molecular weight is 385 g/mol. The summed E-state index contributed by atoms with van der Waals surface area (Å²) in [5.41, 5.74) is 5.71. The number of methoxy groups -OCH3 is 1. The molecule has 2 fully saturated rings. The van der Waals surface area contributed by atoms with E-state index in [9.17, 15) is 30.6 Å². The van der Waals surface area contributed by atoms with E-state index in [4.69, 9.17) is 29.8 Å². The number of nitrogens with two attached hydrogens (primary N) is 1. The Morgan fingerprint density at radius 1 is 0.923 bits per heavy atom. The quantitative estimate of drug-likeness (QED) is 0.216. The molecule has 0 saturated carbocycles. The molecular formula is C14H27NO11. The van der Waals surface area contributed by atoms with Crippen LogP contribution in [0.2, 0.25) is 0 Å². The van der Waals surface area contributed by atoms with Crippen LogP contribution in [-0.4, -0.2) is 124 Å². The second kappa shape index (κ2) is 9.14. The van der Waals surface area contributed by atoms with E-state index in [1.807, 2.05) is 0 Å². The molecule has 2 saturated heterocycles. The van der Waals surface area contributed by atoms with Crippen molar-refractivity contribution in [2.24, 2.45) is 5.73 Å². The van der Waals surface area contributed by atoms with Crippen molar-refractivity contribution in [1.29, 1.82) is 0 Å². The van der Waals surface area contributed by atoms with Gasteiger partial charge < -0.3 is 60.4 Å². The Labute approximate surface area is 149 Å². The molecule has 2 aliphatic heterocycles. The summed E-state index contributed by atoms with van der Waals surface area (Å²) in [5.74, 6) is 0. The molecule has 2 rings (SSSR count). The third-order valence-electron chi connectivity index (χ3n) is 4.58. The maximum atomic E-state index is 10.2. The highest BCUT2D eigenvalue weighted by atomic mass is 16.7. The molecule has 9 N–H and O–H groups in total. The van der Waals surface area contributed by atoms with E-state index in [1.54, 1.807) is 0 Å². The third-order valence-corrected chi connectivity index (χ3v) is 4.58. The van der Waals surface area contributed by atoms with E-state index in [0.29, 0.717) is 0 Å². The minimum Gasteiger partial charge on any atom is -0.394 e. The number of ether oxygens (including phenoxy) is 4. The van der Waals surface area contributed by atoms with Crippen molar-refractivity contribution in [1.82, 2.24) is 0 Å². The van der Waals surface area contributed by atoms with E-state index in [1.165, 1.54) is 7.11 Å². The van der Waals surface area contributed by atoms with Gasteiger partial charge in [-0.05, 0) is 0 Å². The summed E-state index contributed by atoms with van der Waals surface area (Å²) >= 11 is 0. The van der Waals surface area contributed by atoms with Crippen LogP contribution in [0.15, 0.2) is 0 Å². The monoisotopic (exact) mass is 385 g/mol. The van der Waals surface area contributed by atoms with Gasteiger partial charge in [0.25, 0.3) is 0 Å². The molecule has 0 amide bonds. The van der Waals surface area contributed by atoms with Crippen LogP contribution in [0, 0.1) is 0 Å². The van der Waals surface area contributed by atoms with Gasteiger partial charge in [0, 0.05) is 7.11 Å². The second-order valence-corrected chi connectivity index (χ2v) is 6.36. The molecule has 26 heavy (non-hydrogen) atoms. The van der Waals surface area contributed by atoms with Gasteiger partial charge in [-0.1, -0.05) is 0 Å². The van der Waals surface area contributed by atoms with Crippen LogP contribution in [0.5, 0.6) is 0 Å². The lowest BCUT2D eigenvalue weighted by molar-refractivity contribution is -0.314. The number of aliphatic hydroxyl groups is 7. The maximum absolute atomic E-state index is 10.2. The minimum absolute atomic E-state index is 0.486. The number of hydrogen-bond acceptors (Lipinski definition) is 12. The first-order valence-electron chi connectivity index (χ1n) is 8.13.